The fourth-order valence-corrected chi connectivity index (χ4v) is 3.22. The fraction of sp³-hybridized carbons (Fsp3) is 0.150. The molecule has 3 aromatic rings. The minimum atomic E-state index is -0.542. The second kappa shape index (κ2) is 8.02. The Hall–Kier alpha value is -2.51. The Bertz CT molecular complexity index is 1060. The molecule has 0 radical (unpaired) electrons. The molecule has 27 heavy (non-hydrogen) atoms. The maximum absolute atomic E-state index is 12.9. The Balaban J connectivity index is 2.33. The molecule has 0 saturated carbocycles. The predicted octanol–water partition coefficient (Wildman–Crippen LogP) is 5.06. The molecule has 2 aromatic heterocycles. The van der Waals surface area contributed by atoms with Crippen molar-refractivity contribution in [3.63, 3.8) is 0 Å². The number of pyridine rings is 1. The van der Waals surface area contributed by atoms with E-state index in [0.29, 0.717) is 28.2 Å². The predicted molar refractivity (Wildman–Crippen MR) is 111 cm³/mol. The quantitative estimate of drug-likeness (QED) is 0.525. The zero-order chi connectivity index (χ0) is 19.6. The summed E-state index contributed by atoms with van der Waals surface area (Å²) in [6, 6.07) is 9.25. The van der Waals surface area contributed by atoms with Gasteiger partial charge < -0.3 is 13.9 Å². The van der Waals surface area contributed by atoms with Gasteiger partial charge >= 0.3 is 10.9 Å². The molecule has 0 fully saturated rings. The van der Waals surface area contributed by atoms with Gasteiger partial charge in [-0.2, -0.15) is 0 Å². The largest absolute Gasteiger partial charge is 0.460 e. The molecule has 0 saturated heterocycles. The van der Waals surface area contributed by atoms with E-state index in [1.807, 2.05) is 25.1 Å². The number of nitrogens with zero attached hydrogens (tertiary/aromatic N) is 1. The molecule has 0 spiro atoms. The molecule has 138 valence electrons. The molecular formula is C20H16BrNO4S. The lowest BCUT2D eigenvalue weighted by Crippen LogP contribution is -2.14. The smallest absolute Gasteiger partial charge is 0.357 e. The average molecular weight is 446 g/mol. The molecule has 0 aliphatic heterocycles. The molecule has 0 N–H and O–H groups in total. The standard InChI is InChI=1S/C20H16BrNO4S/c1-11-6-7-15(21)14(9-11)16-18(26-20(27)24-3)12(2)17(25-19(16)23)13-5-4-8-22-10-13/h4-10H,1-3H3. The van der Waals surface area contributed by atoms with E-state index in [1.165, 1.54) is 7.11 Å². The van der Waals surface area contributed by atoms with Gasteiger partial charge in [-0.15, -0.1) is 0 Å². The normalized spacial score (nSPS) is 10.5. The van der Waals surface area contributed by atoms with Crippen molar-refractivity contribution in [2.45, 2.75) is 13.8 Å². The minimum Gasteiger partial charge on any atom is -0.460 e. The Morgan fingerprint density at radius 1 is 1.26 bits per heavy atom. The lowest BCUT2D eigenvalue weighted by Gasteiger charge is -2.16. The van der Waals surface area contributed by atoms with Crippen molar-refractivity contribution in [1.82, 2.24) is 4.98 Å². The molecule has 0 bridgehead atoms. The summed E-state index contributed by atoms with van der Waals surface area (Å²) < 4.78 is 17.1. The Labute approximate surface area is 170 Å². The van der Waals surface area contributed by atoms with E-state index in [0.717, 1.165) is 10.0 Å². The van der Waals surface area contributed by atoms with Crippen LogP contribution in [0.2, 0.25) is 0 Å². The Kier molecular flexibility index (Phi) is 5.72. The summed E-state index contributed by atoms with van der Waals surface area (Å²) in [7, 11) is 1.41. The Morgan fingerprint density at radius 3 is 2.70 bits per heavy atom. The first-order valence-electron chi connectivity index (χ1n) is 8.02. The Morgan fingerprint density at radius 2 is 2.04 bits per heavy atom. The van der Waals surface area contributed by atoms with Crippen LogP contribution in [0.4, 0.5) is 0 Å². The molecule has 2 heterocycles. The first kappa shape index (κ1) is 19.3. The summed E-state index contributed by atoms with van der Waals surface area (Å²) in [5.41, 5.74) is 2.65. The lowest BCUT2D eigenvalue weighted by atomic mass is 10.0. The van der Waals surface area contributed by atoms with Gasteiger partial charge in [0, 0.05) is 45.8 Å². The number of benzene rings is 1. The van der Waals surface area contributed by atoms with Crippen LogP contribution in [0.15, 0.2) is 56.4 Å². The van der Waals surface area contributed by atoms with E-state index in [2.05, 4.69) is 20.9 Å². The van der Waals surface area contributed by atoms with Crippen LogP contribution in [0, 0.1) is 13.8 Å². The van der Waals surface area contributed by atoms with Gasteiger partial charge in [-0.05, 0) is 38.1 Å². The highest BCUT2D eigenvalue weighted by Crippen LogP contribution is 2.39. The maximum atomic E-state index is 12.9. The molecule has 0 aliphatic carbocycles. The van der Waals surface area contributed by atoms with E-state index < -0.39 is 5.63 Å². The van der Waals surface area contributed by atoms with Crippen molar-refractivity contribution in [1.29, 1.82) is 0 Å². The number of hydrogen-bond acceptors (Lipinski definition) is 6. The molecule has 0 atom stereocenters. The van der Waals surface area contributed by atoms with Crippen molar-refractivity contribution < 1.29 is 13.9 Å². The van der Waals surface area contributed by atoms with E-state index in [1.54, 1.807) is 31.5 Å². The summed E-state index contributed by atoms with van der Waals surface area (Å²) in [5.74, 6) is 0.665. The van der Waals surface area contributed by atoms with Crippen LogP contribution in [0.3, 0.4) is 0 Å². The van der Waals surface area contributed by atoms with E-state index in [9.17, 15) is 4.79 Å². The fourth-order valence-electron chi connectivity index (χ4n) is 2.69. The number of aromatic nitrogens is 1. The van der Waals surface area contributed by atoms with Crippen LogP contribution >= 0.6 is 28.1 Å². The number of thiocarbonyl (C=S) groups is 1. The summed E-state index contributed by atoms with van der Waals surface area (Å²) in [5, 5.41) is -0.0918. The number of rotatable bonds is 3. The van der Waals surface area contributed by atoms with Crippen molar-refractivity contribution in [2.75, 3.05) is 7.11 Å². The number of aryl methyl sites for hydroxylation is 1. The van der Waals surface area contributed by atoms with Gasteiger partial charge in [0.2, 0.25) is 0 Å². The SMILES string of the molecule is COC(=S)Oc1c(C)c(-c2cccnc2)oc(=O)c1-c1cc(C)ccc1Br. The molecule has 0 amide bonds. The van der Waals surface area contributed by atoms with Crippen LogP contribution in [0.1, 0.15) is 11.1 Å². The minimum absolute atomic E-state index is 0.0918. The van der Waals surface area contributed by atoms with Crippen LogP contribution in [-0.2, 0) is 4.74 Å². The van der Waals surface area contributed by atoms with Crippen molar-refractivity contribution >= 4 is 33.4 Å². The topological polar surface area (TPSA) is 61.6 Å². The van der Waals surface area contributed by atoms with Crippen molar-refractivity contribution in [3.8, 4) is 28.2 Å². The highest BCUT2D eigenvalue weighted by molar-refractivity contribution is 9.10. The second-order valence-electron chi connectivity index (χ2n) is 5.83. The number of ether oxygens (including phenoxy) is 2. The zero-order valence-electron chi connectivity index (χ0n) is 14.9. The van der Waals surface area contributed by atoms with Crippen molar-refractivity contribution in [3.05, 3.63) is 68.7 Å². The molecule has 5 nitrogen and oxygen atoms in total. The number of methoxy groups -OCH3 is 1. The average Bonchev–Trinajstić information content (AvgIpc) is 2.67. The van der Waals surface area contributed by atoms with Crippen LogP contribution < -0.4 is 10.4 Å². The highest BCUT2D eigenvalue weighted by Gasteiger charge is 2.24. The van der Waals surface area contributed by atoms with Gasteiger partial charge in [0.1, 0.15) is 11.3 Å². The second-order valence-corrected chi connectivity index (χ2v) is 7.02. The van der Waals surface area contributed by atoms with E-state index in [-0.39, 0.29) is 10.8 Å². The van der Waals surface area contributed by atoms with Gasteiger partial charge in [0.25, 0.3) is 0 Å². The summed E-state index contributed by atoms with van der Waals surface area (Å²) in [6.07, 6.45) is 3.26. The van der Waals surface area contributed by atoms with Crippen LogP contribution in [-0.4, -0.2) is 17.3 Å². The third-order valence-corrected chi connectivity index (χ3v) is 4.92. The highest BCUT2D eigenvalue weighted by atomic mass is 79.9. The van der Waals surface area contributed by atoms with Gasteiger partial charge in [-0.25, -0.2) is 4.79 Å². The van der Waals surface area contributed by atoms with Crippen LogP contribution in [0.5, 0.6) is 5.75 Å². The molecular weight excluding hydrogens is 430 g/mol. The number of halogens is 1. The summed E-state index contributed by atoms with van der Waals surface area (Å²) >= 11 is 8.56. The molecule has 0 aliphatic rings. The zero-order valence-corrected chi connectivity index (χ0v) is 17.3. The number of hydrogen-bond donors (Lipinski definition) is 0. The lowest BCUT2D eigenvalue weighted by molar-refractivity contribution is 0.313. The van der Waals surface area contributed by atoms with E-state index in [4.69, 9.17) is 26.1 Å². The molecule has 0 unspecified atom stereocenters. The van der Waals surface area contributed by atoms with Crippen LogP contribution in [0.25, 0.3) is 22.5 Å². The van der Waals surface area contributed by atoms with Gasteiger partial charge in [0.15, 0.2) is 5.75 Å². The summed E-state index contributed by atoms with van der Waals surface area (Å²) in [4.78, 5) is 17.0. The summed E-state index contributed by atoms with van der Waals surface area (Å²) in [6.45, 7) is 3.74. The third kappa shape index (κ3) is 3.94. The molecule has 3 rings (SSSR count). The monoisotopic (exact) mass is 445 g/mol. The van der Waals surface area contributed by atoms with Gasteiger partial charge in [-0.1, -0.05) is 27.6 Å². The third-order valence-electron chi connectivity index (χ3n) is 3.97. The van der Waals surface area contributed by atoms with Gasteiger partial charge in [0.05, 0.1) is 7.11 Å². The van der Waals surface area contributed by atoms with E-state index >= 15 is 0 Å². The molecule has 7 heteroatoms. The van der Waals surface area contributed by atoms with Gasteiger partial charge in [-0.3, -0.25) is 4.98 Å². The first-order chi connectivity index (χ1) is 12.9. The van der Waals surface area contributed by atoms with Crippen molar-refractivity contribution in [2.24, 2.45) is 0 Å². The first-order valence-corrected chi connectivity index (χ1v) is 9.23. The molecule has 1 aromatic carbocycles. The maximum Gasteiger partial charge on any atom is 0.357 e.